The summed E-state index contributed by atoms with van der Waals surface area (Å²) < 4.78 is 0. The monoisotopic (exact) mass is 268 g/mol. The van der Waals surface area contributed by atoms with Gasteiger partial charge in [-0.25, -0.2) is 0 Å². The fourth-order valence-electron chi connectivity index (χ4n) is 2.37. The molecule has 0 radical (unpaired) electrons. The average molecular weight is 268 g/mol. The van der Waals surface area contributed by atoms with Gasteiger partial charge in [0.2, 0.25) is 0 Å². The normalized spacial score (nSPS) is 14.8. The Morgan fingerprint density at radius 3 is 2.20 bits per heavy atom. The van der Waals surface area contributed by atoms with E-state index in [1.165, 1.54) is 5.56 Å². The summed E-state index contributed by atoms with van der Waals surface area (Å²) in [7, 11) is 4.07. The van der Waals surface area contributed by atoms with Gasteiger partial charge in [0.1, 0.15) is 0 Å². The molecule has 0 aromatic heterocycles. The molecule has 0 heterocycles. The minimum absolute atomic E-state index is 0.147. The van der Waals surface area contributed by atoms with Gasteiger partial charge in [-0.05, 0) is 17.7 Å². The third-order valence-corrected chi connectivity index (χ3v) is 3.68. The Kier molecular flexibility index (Phi) is 3.85. The first-order valence-electron chi connectivity index (χ1n) is 7.06. The molecule has 106 valence electrons. The summed E-state index contributed by atoms with van der Waals surface area (Å²) in [6.45, 7) is 6.30. The highest BCUT2D eigenvalue weighted by Gasteiger charge is 2.24. The summed E-state index contributed by atoms with van der Waals surface area (Å²) in [5.41, 5.74) is 3.98. The predicted octanol–water partition coefficient (Wildman–Crippen LogP) is 4.38. The zero-order valence-corrected chi connectivity index (χ0v) is 13.1. The average Bonchev–Trinajstić information content (AvgIpc) is 2.89. The quantitative estimate of drug-likeness (QED) is 0.809. The molecule has 0 aliphatic heterocycles. The maximum Gasteiger partial charge on any atom is 0.0443 e. The topological polar surface area (TPSA) is 27.1 Å². The molecule has 20 heavy (non-hydrogen) atoms. The van der Waals surface area contributed by atoms with Gasteiger partial charge in [-0.15, -0.1) is 0 Å². The molecule has 0 fully saturated rings. The van der Waals surface area contributed by atoms with Gasteiger partial charge < -0.3 is 10.3 Å². The van der Waals surface area contributed by atoms with Gasteiger partial charge in [0.15, 0.2) is 0 Å². The number of anilines is 1. The molecule has 0 bridgehead atoms. The van der Waals surface area contributed by atoms with Gasteiger partial charge in [-0.1, -0.05) is 51.1 Å². The van der Waals surface area contributed by atoms with Crippen LogP contribution in [0.3, 0.4) is 0 Å². The lowest BCUT2D eigenvalue weighted by molar-refractivity contribution is 0.588. The van der Waals surface area contributed by atoms with E-state index in [2.05, 4.69) is 68.2 Å². The lowest BCUT2D eigenvalue weighted by atomic mass is 9.81. The van der Waals surface area contributed by atoms with Crippen LogP contribution in [0.1, 0.15) is 37.8 Å². The van der Waals surface area contributed by atoms with E-state index in [4.69, 9.17) is 5.41 Å². The summed E-state index contributed by atoms with van der Waals surface area (Å²) in [4.78, 5) is 2.09. The minimum Gasteiger partial charge on any atom is -0.378 e. The third kappa shape index (κ3) is 2.84. The van der Waals surface area contributed by atoms with Crippen molar-refractivity contribution in [1.82, 2.24) is 0 Å². The SMILES string of the molecule is CN(C)c1ccc(C2C=CC=C2)c(C(=N)C(C)(C)C)c1. The highest BCUT2D eigenvalue weighted by Crippen LogP contribution is 2.32. The fraction of sp³-hybridized carbons (Fsp3) is 0.389. The Morgan fingerprint density at radius 1 is 1.10 bits per heavy atom. The number of nitrogens with one attached hydrogen (secondary N) is 1. The second-order valence-electron chi connectivity index (χ2n) is 6.59. The van der Waals surface area contributed by atoms with E-state index in [9.17, 15) is 0 Å². The molecule has 0 saturated heterocycles. The second-order valence-corrected chi connectivity index (χ2v) is 6.59. The van der Waals surface area contributed by atoms with Crippen molar-refractivity contribution in [1.29, 1.82) is 5.41 Å². The van der Waals surface area contributed by atoms with Gasteiger partial charge in [0.05, 0.1) is 0 Å². The fourth-order valence-corrected chi connectivity index (χ4v) is 2.37. The molecule has 2 heteroatoms. The van der Waals surface area contributed by atoms with Gasteiger partial charge >= 0.3 is 0 Å². The van der Waals surface area contributed by atoms with E-state index in [1.807, 2.05) is 14.1 Å². The zero-order valence-electron chi connectivity index (χ0n) is 13.1. The summed E-state index contributed by atoms with van der Waals surface area (Å²) in [6.07, 6.45) is 8.53. The van der Waals surface area contributed by atoms with E-state index < -0.39 is 0 Å². The van der Waals surface area contributed by atoms with Crippen molar-refractivity contribution >= 4 is 11.4 Å². The largest absolute Gasteiger partial charge is 0.378 e. The third-order valence-electron chi connectivity index (χ3n) is 3.68. The molecule has 1 aliphatic carbocycles. The van der Waals surface area contributed by atoms with Crippen LogP contribution in [0.15, 0.2) is 42.5 Å². The molecule has 2 nitrogen and oxygen atoms in total. The van der Waals surface area contributed by atoms with Gasteiger partial charge in [0.25, 0.3) is 0 Å². The van der Waals surface area contributed by atoms with Crippen molar-refractivity contribution < 1.29 is 0 Å². The number of benzene rings is 1. The summed E-state index contributed by atoms with van der Waals surface area (Å²) >= 11 is 0. The molecule has 2 rings (SSSR count). The van der Waals surface area contributed by atoms with Gasteiger partial charge in [0, 0.05) is 42.4 Å². The molecule has 1 N–H and O–H groups in total. The van der Waals surface area contributed by atoms with Crippen LogP contribution in [0.5, 0.6) is 0 Å². The molecule has 0 amide bonds. The molecule has 0 spiro atoms. The Balaban J connectivity index is 2.54. The van der Waals surface area contributed by atoms with E-state index in [1.54, 1.807) is 0 Å². The van der Waals surface area contributed by atoms with Gasteiger partial charge in [-0.2, -0.15) is 0 Å². The van der Waals surface area contributed by atoms with Crippen LogP contribution in [-0.2, 0) is 0 Å². The molecular formula is C18H24N2. The number of hydrogen-bond donors (Lipinski definition) is 1. The second kappa shape index (κ2) is 5.28. The van der Waals surface area contributed by atoms with E-state index in [-0.39, 0.29) is 5.41 Å². The predicted molar refractivity (Wildman–Crippen MR) is 88.1 cm³/mol. The first-order valence-corrected chi connectivity index (χ1v) is 7.06. The smallest absolute Gasteiger partial charge is 0.0443 e. The maximum absolute atomic E-state index is 8.56. The molecule has 0 atom stereocenters. The van der Waals surface area contributed by atoms with Crippen molar-refractivity contribution in [3.8, 4) is 0 Å². The lowest BCUT2D eigenvalue weighted by Gasteiger charge is -2.25. The highest BCUT2D eigenvalue weighted by atomic mass is 15.1. The summed E-state index contributed by atoms with van der Waals surface area (Å²) in [5.74, 6) is 0.295. The van der Waals surface area contributed by atoms with E-state index in [0.717, 1.165) is 11.3 Å². The van der Waals surface area contributed by atoms with Gasteiger partial charge in [-0.3, -0.25) is 0 Å². The number of rotatable bonds is 3. The van der Waals surface area contributed by atoms with Crippen LogP contribution in [0.25, 0.3) is 0 Å². The maximum atomic E-state index is 8.56. The molecule has 0 saturated carbocycles. The van der Waals surface area contributed by atoms with Crippen LogP contribution in [0.4, 0.5) is 5.69 Å². The first-order chi connectivity index (χ1) is 9.30. The van der Waals surface area contributed by atoms with Crippen LogP contribution in [0, 0.1) is 10.8 Å². The van der Waals surface area contributed by atoms with E-state index in [0.29, 0.717) is 11.6 Å². The zero-order chi connectivity index (χ0) is 14.9. The lowest BCUT2D eigenvalue weighted by Crippen LogP contribution is -2.23. The minimum atomic E-state index is -0.147. The van der Waals surface area contributed by atoms with Crippen LogP contribution >= 0.6 is 0 Å². The van der Waals surface area contributed by atoms with Crippen LogP contribution in [0.2, 0.25) is 0 Å². The highest BCUT2D eigenvalue weighted by molar-refractivity contribution is 6.04. The number of allylic oxidation sites excluding steroid dienone is 4. The van der Waals surface area contributed by atoms with Crippen molar-refractivity contribution in [2.24, 2.45) is 5.41 Å². The van der Waals surface area contributed by atoms with Crippen LogP contribution in [-0.4, -0.2) is 19.8 Å². The van der Waals surface area contributed by atoms with Crippen molar-refractivity contribution in [2.75, 3.05) is 19.0 Å². The van der Waals surface area contributed by atoms with Crippen molar-refractivity contribution in [2.45, 2.75) is 26.7 Å². The summed E-state index contributed by atoms with van der Waals surface area (Å²) in [5, 5.41) is 8.56. The molecule has 0 unspecified atom stereocenters. The molecule has 1 aliphatic rings. The van der Waals surface area contributed by atoms with Crippen LogP contribution < -0.4 is 4.90 Å². The van der Waals surface area contributed by atoms with Crippen molar-refractivity contribution in [3.05, 3.63) is 53.6 Å². The Bertz CT molecular complexity index is 560. The molecule has 1 aromatic rings. The number of nitrogens with zero attached hydrogens (tertiary/aromatic N) is 1. The van der Waals surface area contributed by atoms with Crippen molar-refractivity contribution in [3.63, 3.8) is 0 Å². The van der Waals surface area contributed by atoms with E-state index >= 15 is 0 Å². The number of hydrogen-bond acceptors (Lipinski definition) is 2. The molecule has 1 aromatic carbocycles. The Morgan fingerprint density at radius 2 is 1.70 bits per heavy atom. The first kappa shape index (κ1) is 14.6. The summed E-state index contributed by atoms with van der Waals surface area (Å²) in [6, 6.07) is 6.44. The Labute approximate surface area is 122 Å². The standard InChI is InChI=1S/C18H24N2/c1-18(2,3)17(19)16-12-14(20(4)5)10-11-15(16)13-8-6-7-9-13/h6-13,19H,1-5H3. The molecular weight excluding hydrogens is 244 g/mol. The Hall–Kier alpha value is -1.83.